The van der Waals surface area contributed by atoms with Crippen molar-refractivity contribution in [3.63, 3.8) is 0 Å². The highest BCUT2D eigenvalue weighted by atomic mass is 32.1. The SMILES string of the molecule is Cc1csc(NC(=O)C(C(C)C)N2CC(C)OC(C)C2)n1. The zero-order valence-corrected chi connectivity index (χ0v) is 14.2. The van der Waals surface area contributed by atoms with Crippen LogP contribution < -0.4 is 5.32 Å². The van der Waals surface area contributed by atoms with Gasteiger partial charge in [-0.25, -0.2) is 4.98 Å². The van der Waals surface area contributed by atoms with E-state index >= 15 is 0 Å². The Bertz CT molecular complexity index is 479. The van der Waals surface area contributed by atoms with Gasteiger partial charge in [0.15, 0.2) is 5.13 Å². The predicted molar refractivity (Wildman–Crippen MR) is 85.7 cm³/mol. The van der Waals surface area contributed by atoms with Gasteiger partial charge in [0.2, 0.25) is 5.91 Å². The van der Waals surface area contributed by atoms with E-state index in [2.05, 4.69) is 42.9 Å². The molecule has 1 aromatic rings. The van der Waals surface area contributed by atoms with Crippen LogP contribution in [-0.2, 0) is 9.53 Å². The fraction of sp³-hybridized carbons (Fsp3) is 0.733. The Morgan fingerprint density at radius 3 is 2.52 bits per heavy atom. The molecule has 0 aromatic carbocycles. The summed E-state index contributed by atoms with van der Waals surface area (Å²) in [6, 6.07) is -0.150. The molecule has 1 fully saturated rings. The van der Waals surface area contributed by atoms with Crippen molar-refractivity contribution in [1.82, 2.24) is 9.88 Å². The van der Waals surface area contributed by atoms with E-state index in [1.165, 1.54) is 11.3 Å². The first-order valence-electron chi connectivity index (χ1n) is 7.49. The van der Waals surface area contributed by atoms with Crippen LogP contribution in [0.2, 0.25) is 0 Å². The van der Waals surface area contributed by atoms with Gasteiger partial charge in [0.05, 0.1) is 23.9 Å². The van der Waals surface area contributed by atoms with Crippen LogP contribution in [0.1, 0.15) is 33.4 Å². The average molecular weight is 311 g/mol. The van der Waals surface area contributed by atoms with Gasteiger partial charge in [0.1, 0.15) is 0 Å². The van der Waals surface area contributed by atoms with Crippen molar-refractivity contribution in [3.8, 4) is 0 Å². The number of ether oxygens (including phenoxy) is 1. The maximum Gasteiger partial charge on any atom is 0.243 e. The number of nitrogens with one attached hydrogen (secondary N) is 1. The molecule has 5 nitrogen and oxygen atoms in total. The number of hydrogen-bond acceptors (Lipinski definition) is 5. The van der Waals surface area contributed by atoms with E-state index < -0.39 is 0 Å². The Morgan fingerprint density at radius 1 is 1.43 bits per heavy atom. The average Bonchev–Trinajstić information content (AvgIpc) is 2.72. The van der Waals surface area contributed by atoms with Crippen molar-refractivity contribution in [3.05, 3.63) is 11.1 Å². The fourth-order valence-electron chi connectivity index (χ4n) is 2.93. The van der Waals surface area contributed by atoms with Gasteiger partial charge in [0, 0.05) is 18.5 Å². The molecule has 1 aliphatic heterocycles. The Hall–Kier alpha value is -0.980. The molecule has 0 radical (unpaired) electrons. The van der Waals surface area contributed by atoms with E-state index in [1.54, 1.807) is 0 Å². The van der Waals surface area contributed by atoms with E-state index in [4.69, 9.17) is 4.74 Å². The number of rotatable bonds is 4. The monoisotopic (exact) mass is 311 g/mol. The molecule has 3 atom stereocenters. The van der Waals surface area contributed by atoms with Gasteiger partial charge in [-0.1, -0.05) is 13.8 Å². The molecule has 0 aliphatic carbocycles. The normalized spacial score (nSPS) is 25.0. The Morgan fingerprint density at radius 2 is 2.05 bits per heavy atom. The maximum absolute atomic E-state index is 12.6. The third-order valence-corrected chi connectivity index (χ3v) is 4.47. The second kappa shape index (κ2) is 6.85. The number of amides is 1. The lowest BCUT2D eigenvalue weighted by Gasteiger charge is -2.40. The predicted octanol–water partition coefficient (Wildman–Crippen LogP) is 2.52. The number of aromatic nitrogens is 1. The first kappa shape index (κ1) is 16.4. The number of thiazole rings is 1. The minimum Gasteiger partial charge on any atom is -0.373 e. The molecule has 6 heteroatoms. The van der Waals surface area contributed by atoms with Crippen LogP contribution in [-0.4, -0.2) is 47.1 Å². The molecule has 0 spiro atoms. The number of hydrogen-bond donors (Lipinski definition) is 1. The van der Waals surface area contributed by atoms with Gasteiger partial charge in [0.25, 0.3) is 0 Å². The first-order chi connectivity index (χ1) is 9.86. The highest BCUT2D eigenvalue weighted by Crippen LogP contribution is 2.21. The molecule has 1 amide bonds. The molecule has 2 heterocycles. The number of aryl methyl sites for hydroxylation is 1. The van der Waals surface area contributed by atoms with Crippen molar-refractivity contribution in [2.24, 2.45) is 5.92 Å². The second-order valence-electron chi connectivity index (χ2n) is 6.18. The van der Waals surface area contributed by atoms with E-state index in [0.29, 0.717) is 5.13 Å². The topological polar surface area (TPSA) is 54.5 Å². The molecule has 1 aliphatic rings. The van der Waals surface area contributed by atoms with Crippen molar-refractivity contribution >= 4 is 22.4 Å². The number of nitrogens with zero attached hydrogens (tertiary/aromatic N) is 2. The minimum atomic E-state index is -0.150. The molecule has 1 saturated heterocycles. The van der Waals surface area contributed by atoms with Gasteiger partial charge in [-0.3, -0.25) is 9.69 Å². The van der Waals surface area contributed by atoms with Crippen LogP contribution in [0.4, 0.5) is 5.13 Å². The lowest BCUT2D eigenvalue weighted by Crippen LogP contribution is -2.55. The van der Waals surface area contributed by atoms with Gasteiger partial charge in [-0.05, 0) is 26.7 Å². The molecule has 21 heavy (non-hydrogen) atoms. The number of anilines is 1. The van der Waals surface area contributed by atoms with E-state index in [1.807, 2.05) is 12.3 Å². The number of morpholine rings is 1. The summed E-state index contributed by atoms with van der Waals surface area (Å²) in [5, 5.41) is 5.58. The number of carbonyl (C=O) groups is 1. The van der Waals surface area contributed by atoms with Gasteiger partial charge in [-0.2, -0.15) is 0 Å². The summed E-state index contributed by atoms with van der Waals surface area (Å²) in [6.07, 6.45) is 0.315. The Balaban J connectivity index is 2.08. The summed E-state index contributed by atoms with van der Waals surface area (Å²) in [5.41, 5.74) is 0.935. The third kappa shape index (κ3) is 4.25. The highest BCUT2D eigenvalue weighted by molar-refractivity contribution is 7.13. The van der Waals surface area contributed by atoms with E-state index in [9.17, 15) is 4.79 Å². The molecule has 2 rings (SSSR count). The fourth-order valence-corrected chi connectivity index (χ4v) is 3.62. The standard InChI is InChI=1S/C15H25N3O2S/c1-9(2)13(18-6-11(4)20-12(5)7-18)14(19)17-15-16-10(3)8-21-15/h8-9,11-13H,6-7H2,1-5H3,(H,16,17,19). The van der Waals surface area contributed by atoms with E-state index in [0.717, 1.165) is 18.8 Å². The summed E-state index contributed by atoms with van der Waals surface area (Å²) in [4.78, 5) is 19.2. The summed E-state index contributed by atoms with van der Waals surface area (Å²) >= 11 is 1.47. The van der Waals surface area contributed by atoms with Crippen molar-refractivity contribution in [2.45, 2.75) is 52.9 Å². The smallest absolute Gasteiger partial charge is 0.243 e. The molecular formula is C15H25N3O2S. The highest BCUT2D eigenvalue weighted by Gasteiger charge is 2.34. The molecule has 1 N–H and O–H groups in total. The maximum atomic E-state index is 12.6. The zero-order valence-electron chi connectivity index (χ0n) is 13.4. The van der Waals surface area contributed by atoms with Crippen molar-refractivity contribution in [1.29, 1.82) is 0 Å². The molecule has 1 aromatic heterocycles. The van der Waals surface area contributed by atoms with Gasteiger partial charge >= 0.3 is 0 Å². The van der Waals surface area contributed by atoms with E-state index in [-0.39, 0.29) is 30.1 Å². The van der Waals surface area contributed by atoms with Crippen LogP contribution in [0.15, 0.2) is 5.38 Å². The summed E-state index contributed by atoms with van der Waals surface area (Å²) in [6.45, 7) is 11.8. The molecular weight excluding hydrogens is 286 g/mol. The Kier molecular flexibility index (Phi) is 5.35. The summed E-state index contributed by atoms with van der Waals surface area (Å²) in [5.74, 6) is 0.268. The minimum absolute atomic E-state index is 0.0284. The molecule has 0 saturated carbocycles. The van der Waals surface area contributed by atoms with Crippen molar-refractivity contribution < 1.29 is 9.53 Å². The molecule has 0 bridgehead atoms. The van der Waals surface area contributed by atoms with Crippen molar-refractivity contribution in [2.75, 3.05) is 18.4 Å². The van der Waals surface area contributed by atoms with Crippen LogP contribution >= 0.6 is 11.3 Å². The van der Waals surface area contributed by atoms with Gasteiger partial charge < -0.3 is 10.1 Å². The zero-order chi connectivity index (χ0) is 15.6. The van der Waals surface area contributed by atoms with Crippen LogP contribution in [0.5, 0.6) is 0 Å². The number of carbonyl (C=O) groups excluding carboxylic acids is 1. The van der Waals surface area contributed by atoms with Crippen LogP contribution in [0.3, 0.4) is 0 Å². The summed E-state index contributed by atoms with van der Waals surface area (Å²) in [7, 11) is 0. The molecule has 118 valence electrons. The first-order valence-corrected chi connectivity index (χ1v) is 8.37. The second-order valence-corrected chi connectivity index (χ2v) is 7.04. The summed E-state index contributed by atoms with van der Waals surface area (Å²) < 4.78 is 5.76. The lowest BCUT2D eigenvalue weighted by molar-refractivity contribution is -0.130. The Labute approximate surface area is 130 Å². The van der Waals surface area contributed by atoms with Crippen LogP contribution in [0, 0.1) is 12.8 Å². The van der Waals surface area contributed by atoms with Gasteiger partial charge in [-0.15, -0.1) is 11.3 Å². The lowest BCUT2D eigenvalue weighted by atomic mass is 10.00. The van der Waals surface area contributed by atoms with Crippen LogP contribution in [0.25, 0.3) is 0 Å². The molecule has 3 unspecified atom stereocenters. The third-order valence-electron chi connectivity index (χ3n) is 3.59. The quantitative estimate of drug-likeness (QED) is 0.928. The largest absolute Gasteiger partial charge is 0.373 e.